The standard InChI is InChI=1S/C23H32N6O5/c1-3-14(2)20(24)22(32)29-17(10-16-11-25-13-27-16)21(31)26-12-19(30)28-18(23(33)34)9-15-7-5-4-6-8-15/h4-8,11,13-14,17-18,20H,3,9-10,12,24H2,1-2H3,(H,25,27)(H,26,31)(H,28,30)(H,29,32)(H,33,34). The summed E-state index contributed by atoms with van der Waals surface area (Å²) in [6, 6.07) is 5.93. The van der Waals surface area contributed by atoms with E-state index in [2.05, 4.69) is 25.9 Å². The lowest BCUT2D eigenvalue weighted by molar-refractivity contribution is -0.141. The van der Waals surface area contributed by atoms with Crippen molar-refractivity contribution >= 4 is 23.7 Å². The largest absolute Gasteiger partial charge is 0.480 e. The second-order valence-electron chi connectivity index (χ2n) is 8.12. The summed E-state index contributed by atoms with van der Waals surface area (Å²) >= 11 is 0. The predicted octanol–water partition coefficient (Wildman–Crippen LogP) is -0.261. The van der Waals surface area contributed by atoms with Crippen LogP contribution < -0.4 is 21.7 Å². The maximum Gasteiger partial charge on any atom is 0.326 e. The number of nitrogens with two attached hydrogens (primary N) is 1. The fraction of sp³-hybridized carbons (Fsp3) is 0.435. The van der Waals surface area contributed by atoms with Gasteiger partial charge in [0.05, 0.1) is 18.9 Å². The van der Waals surface area contributed by atoms with Gasteiger partial charge in [0.1, 0.15) is 12.1 Å². The summed E-state index contributed by atoms with van der Waals surface area (Å²) in [5.41, 5.74) is 7.33. The molecule has 11 nitrogen and oxygen atoms in total. The highest BCUT2D eigenvalue weighted by molar-refractivity contribution is 5.92. The fourth-order valence-electron chi connectivity index (χ4n) is 3.19. The van der Waals surface area contributed by atoms with Gasteiger partial charge in [-0.15, -0.1) is 0 Å². The first-order chi connectivity index (χ1) is 16.2. The van der Waals surface area contributed by atoms with Crippen LogP contribution >= 0.6 is 0 Å². The smallest absolute Gasteiger partial charge is 0.326 e. The molecule has 0 saturated heterocycles. The van der Waals surface area contributed by atoms with Gasteiger partial charge >= 0.3 is 5.97 Å². The molecule has 0 bridgehead atoms. The van der Waals surface area contributed by atoms with E-state index < -0.39 is 48.4 Å². The first kappa shape index (κ1) is 26.5. The summed E-state index contributed by atoms with van der Waals surface area (Å²) in [6.07, 6.45) is 3.87. The molecule has 0 aliphatic heterocycles. The van der Waals surface area contributed by atoms with E-state index >= 15 is 0 Å². The Labute approximate surface area is 197 Å². The van der Waals surface area contributed by atoms with E-state index in [1.54, 1.807) is 24.3 Å². The maximum absolute atomic E-state index is 12.8. The SMILES string of the molecule is CCC(C)C(N)C(=O)NC(Cc1cnc[nH]1)C(=O)NCC(=O)NC(Cc1ccccc1)C(=O)O. The molecular weight excluding hydrogens is 440 g/mol. The molecule has 4 atom stereocenters. The van der Waals surface area contributed by atoms with Crippen LogP contribution in [0.2, 0.25) is 0 Å². The normalized spacial score (nSPS) is 14.3. The number of H-pyrrole nitrogens is 1. The van der Waals surface area contributed by atoms with Crippen LogP contribution in [0.15, 0.2) is 42.9 Å². The van der Waals surface area contributed by atoms with Crippen molar-refractivity contribution in [3.8, 4) is 0 Å². The van der Waals surface area contributed by atoms with Crippen LogP contribution in [-0.4, -0.2) is 63.4 Å². The van der Waals surface area contributed by atoms with Gasteiger partial charge in [-0.05, 0) is 11.5 Å². The van der Waals surface area contributed by atoms with Crippen LogP contribution in [0.5, 0.6) is 0 Å². The van der Waals surface area contributed by atoms with E-state index in [1.807, 2.05) is 19.9 Å². The van der Waals surface area contributed by atoms with Gasteiger partial charge in [-0.2, -0.15) is 0 Å². The molecule has 3 amide bonds. The molecule has 11 heteroatoms. The second kappa shape index (κ2) is 13.1. The number of aliphatic carboxylic acids is 1. The van der Waals surface area contributed by atoms with Crippen molar-refractivity contribution < 1.29 is 24.3 Å². The number of benzene rings is 1. The molecule has 2 rings (SSSR count). The molecule has 0 aliphatic rings. The van der Waals surface area contributed by atoms with Crippen molar-refractivity contribution in [2.45, 2.75) is 51.2 Å². The Morgan fingerprint density at radius 1 is 1.06 bits per heavy atom. The monoisotopic (exact) mass is 472 g/mol. The highest BCUT2D eigenvalue weighted by atomic mass is 16.4. The minimum absolute atomic E-state index is 0.0841. The number of nitrogens with zero attached hydrogens (tertiary/aromatic N) is 1. The number of hydrogen-bond acceptors (Lipinski definition) is 6. The Bertz CT molecular complexity index is 950. The Hall–Kier alpha value is -3.73. The van der Waals surface area contributed by atoms with Gasteiger partial charge in [0.2, 0.25) is 17.7 Å². The lowest BCUT2D eigenvalue weighted by Gasteiger charge is -2.23. The lowest BCUT2D eigenvalue weighted by atomic mass is 9.99. The van der Waals surface area contributed by atoms with E-state index in [9.17, 15) is 24.3 Å². The van der Waals surface area contributed by atoms with Crippen molar-refractivity contribution in [1.82, 2.24) is 25.9 Å². The zero-order chi connectivity index (χ0) is 25.1. The molecule has 184 valence electrons. The number of aromatic nitrogens is 2. The molecule has 0 saturated carbocycles. The zero-order valence-electron chi connectivity index (χ0n) is 19.3. The maximum atomic E-state index is 12.8. The average Bonchev–Trinajstić information content (AvgIpc) is 3.34. The summed E-state index contributed by atoms with van der Waals surface area (Å²) in [6.45, 7) is 3.30. The number of aromatic amines is 1. The minimum atomic E-state index is -1.19. The first-order valence-corrected chi connectivity index (χ1v) is 11.1. The summed E-state index contributed by atoms with van der Waals surface area (Å²) in [5, 5.41) is 16.9. The number of amides is 3. The van der Waals surface area contributed by atoms with Gasteiger partial charge in [0.25, 0.3) is 0 Å². The number of nitrogens with one attached hydrogen (secondary N) is 4. The molecule has 0 spiro atoms. The van der Waals surface area contributed by atoms with Crippen molar-refractivity contribution in [3.05, 3.63) is 54.1 Å². The van der Waals surface area contributed by atoms with Gasteiger partial charge in [-0.1, -0.05) is 50.6 Å². The minimum Gasteiger partial charge on any atom is -0.480 e. The van der Waals surface area contributed by atoms with Crippen molar-refractivity contribution in [3.63, 3.8) is 0 Å². The van der Waals surface area contributed by atoms with Crippen LogP contribution in [-0.2, 0) is 32.0 Å². The quantitative estimate of drug-likeness (QED) is 0.232. The Kier molecular flexibility index (Phi) is 10.2. The molecule has 0 fully saturated rings. The number of rotatable bonds is 13. The number of carboxylic acid groups (broad SMARTS) is 1. The number of hydrogen-bond donors (Lipinski definition) is 6. The summed E-state index contributed by atoms with van der Waals surface area (Å²) in [5.74, 6) is -3.03. The summed E-state index contributed by atoms with van der Waals surface area (Å²) in [7, 11) is 0. The van der Waals surface area contributed by atoms with Crippen molar-refractivity contribution in [1.29, 1.82) is 0 Å². The second-order valence-corrected chi connectivity index (χ2v) is 8.12. The molecule has 1 aromatic heterocycles. The molecule has 34 heavy (non-hydrogen) atoms. The van der Waals surface area contributed by atoms with Crippen LogP contribution in [0.25, 0.3) is 0 Å². The third-order valence-electron chi connectivity index (χ3n) is 5.51. The van der Waals surface area contributed by atoms with Gasteiger partial charge in [0.15, 0.2) is 0 Å². The van der Waals surface area contributed by atoms with E-state index in [1.165, 1.54) is 12.5 Å². The van der Waals surface area contributed by atoms with E-state index in [4.69, 9.17) is 5.73 Å². The lowest BCUT2D eigenvalue weighted by Crippen LogP contribution is -2.55. The number of imidazole rings is 1. The van der Waals surface area contributed by atoms with Crippen LogP contribution in [0.3, 0.4) is 0 Å². The molecule has 4 unspecified atom stereocenters. The van der Waals surface area contributed by atoms with Crippen molar-refractivity contribution in [2.24, 2.45) is 11.7 Å². The van der Waals surface area contributed by atoms with E-state index in [-0.39, 0.29) is 18.8 Å². The first-order valence-electron chi connectivity index (χ1n) is 11.1. The highest BCUT2D eigenvalue weighted by Gasteiger charge is 2.27. The molecule has 0 radical (unpaired) electrons. The molecule has 0 aliphatic carbocycles. The molecule has 1 heterocycles. The van der Waals surface area contributed by atoms with Crippen LogP contribution in [0, 0.1) is 5.92 Å². The van der Waals surface area contributed by atoms with Gasteiger partial charge < -0.3 is 31.8 Å². The third kappa shape index (κ3) is 8.32. The Morgan fingerprint density at radius 2 is 1.76 bits per heavy atom. The number of carbonyl (C=O) groups excluding carboxylic acids is 3. The topological polar surface area (TPSA) is 179 Å². The highest BCUT2D eigenvalue weighted by Crippen LogP contribution is 2.07. The van der Waals surface area contributed by atoms with Gasteiger partial charge in [-0.25, -0.2) is 9.78 Å². The number of carbonyl (C=O) groups is 4. The summed E-state index contributed by atoms with van der Waals surface area (Å²) in [4.78, 5) is 56.0. The van der Waals surface area contributed by atoms with Gasteiger partial charge in [-0.3, -0.25) is 14.4 Å². The van der Waals surface area contributed by atoms with Crippen molar-refractivity contribution in [2.75, 3.05) is 6.54 Å². The van der Waals surface area contributed by atoms with Crippen LogP contribution in [0.4, 0.5) is 0 Å². The fourth-order valence-corrected chi connectivity index (χ4v) is 3.19. The third-order valence-corrected chi connectivity index (χ3v) is 5.51. The van der Waals surface area contributed by atoms with Crippen LogP contribution in [0.1, 0.15) is 31.5 Å². The van der Waals surface area contributed by atoms with E-state index in [0.717, 1.165) is 5.56 Å². The molecule has 1 aromatic carbocycles. The number of carboxylic acids is 1. The Morgan fingerprint density at radius 3 is 2.35 bits per heavy atom. The van der Waals surface area contributed by atoms with Gasteiger partial charge in [0, 0.05) is 24.7 Å². The zero-order valence-corrected chi connectivity index (χ0v) is 19.3. The molecule has 7 N–H and O–H groups in total. The molecule has 2 aromatic rings. The molecular formula is C23H32N6O5. The Balaban J connectivity index is 1.97. The average molecular weight is 473 g/mol. The van der Waals surface area contributed by atoms with E-state index in [0.29, 0.717) is 12.1 Å². The summed E-state index contributed by atoms with van der Waals surface area (Å²) < 4.78 is 0. The predicted molar refractivity (Wildman–Crippen MR) is 124 cm³/mol.